The van der Waals surface area contributed by atoms with Crippen LogP contribution in [-0.4, -0.2) is 93.1 Å². The standard InChI is InChI=1S/C45H64N4O10/c1-28(2)39-42(55)46-36(27-32-18-14-19-33(51)26-32)43(56)49-25-15-20-35(48-49)44(57)58-37(29(3)17-13-22-38(52)59-45(6,7)8)21-12-10-9-11-16-30(4)40(53)34(41(54)47-39)24-23-31(5)50/h9-14,17-19,22,26,28,30,34-37,39-40,48,51,53H,15-16,20-21,23-25,27H2,1-8H3,(H,46,55)(H,47,54). The third-order valence-corrected chi connectivity index (χ3v) is 10.1. The molecule has 14 heteroatoms. The Kier molecular flexibility index (Phi) is 18.7. The second kappa shape index (κ2) is 22.9. The van der Waals surface area contributed by atoms with Crippen LogP contribution in [-0.2, 0) is 44.7 Å². The zero-order valence-corrected chi connectivity index (χ0v) is 35.7. The molecule has 7 atom stereocenters. The molecular formula is C45H64N4O10. The fourth-order valence-corrected chi connectivity index (χ4v) is 6.75. The second-order valence-electron chi connectivity index (χ2n) is 16.9. The Bertz CT molecular complexity index is 1760. The van der Waals surface area contributed by atoms with Crippen LogP contribution in [0.25, 0.3) is 0 Å². The van der Waals surface area contributed by atoms with Gasteiger partial charge in [0.25, 0.3) is 5.91 Å². The van der Waals surface area contributed by atoms with E-state index in [-0.39, 0.29) is 43.8 Å². The van der Waals surface area contributed by atoms with Crippen molar-refractivity contribution in [1.82, 2.24) is 21.1 Å². The number of esters is 2. The molecule has 0 saturated carbocycles. The van der Waals surface area contributed by atoms with Crippen molar-refractivity contribution in [1.29, 1.82) is 0 Å². The van der Waals surface area contributed by atoms with E-state index in [2.05, 4.69) is 16.1 Å². The minimum atomic E-state index is -1.19. The number of benzene rings is 1. The van der Waals surface area contributed by atoms with Crippen LogP contribution in [0, 0.1) is 17.8 Å². The monoisotopic (exact) mass is 820 g/mol. The van der Waals surface area contributed by atoms with Crippen LogP contribution in [0.5, 0.6) is 5.75 Å². The van der Waals surface area contributed by atoms with Gasteiger partial charge in [0.2, 0.25) is 11.8 Å². The molecule has 0 spiro atoms. The number of phenolic OH excluding ortho intramolecular Hbond substituents is 1. The van der Waals surface area contributed by atoms with Gasteiger partial charge in [-0.05, 0) is 95.4 Å². The van der Waals surface area contributed by atoms with Gasteiger partial charge < -0.3 is 35.1 Å². The van der Waals surface area contributed by atoms with Crippen molar-refractivity contribution in [3.8, 4) is 5.75 Å². The minimum absolute atomic E-state index is 0.0226. The van der Waals surface area contributed by atoms with Crippen molar-refractivity contribution < 1.29 is 48.5 Å². The Hall–Kier alpha value is -5.08. The van der Waals surface area contributed by atoms with E-state index in [1.165, 1.54) is 36.2 Å². The summed E-state index contributed by atoms with van der Waals surface area (Å²) in [5, 5.41) is 28.6. The molecular weight excluding hydrogens is 757 g/mol. The first kappa shape index (κ1) is 48.3. The van der Waals surface area contributed by atoms with Gasteiger partial charge in [-0.25, -0.2) is 10.2 Å². The SMILES string of the molecule is CC(=O)CCC1C(=O)NC(C(C)C)C(=O)NC(Cc2cccc(O)c2)C(=O)N2CCCC(N2)C(=O)OC(C(C)=CC=CC(=O)OC(C)(C)C)CC=CC=CCC(C)C1O. The maximum Gasteiger partial charge on any atom is 0.331 e. The first-order valence-corrected chi connectivity index (χ1v) is 20.5. The second-order valence-corrected chi connectivity index (χ2v) is 16.9. The predicted molar refractivity (Wildman–Crippen MR) is 223 cm³/mol. The van der Waals surface area contributed by atoms with Gasteiger partial charge in [0.1, 0.15) is 41.4 Å². The molecule has 7 unspecified atom stereocenters. The number of nitrogens with one attached hydrogen (secondary N) is 3. The number of carbonyl (C=O) groups excluding carboxylic acids is 6. The molecule has 0 aliphatic carbocycles. The number of ketones is 1. The van der Waals surface area contributed by atoms with E-state index in [1.807, 2.05) is 12.2 Å². The summed E-state index contributed by atoms with van der Waals surface area (Å²) in [5.41, 5.74) is 3.54. The zero-order chi connectivity index (χ0) is 43.9. The maximum absolute atomic E-state index is 14.3. The molecule has 324 valence electrons. The van der Waals surface area contributed by atoms with Crippen LogP contribution in [0.2, 0.25) is 0 Å². The van der Waals surface area contributed by atoms with Gasteiger partial charge in [-0.1, -0.05) is 69.4 Å². The molecule has 0 aromatic heterocycles. The number of hydrazine groups is 1. The smallest absolute Gasteiger partial charge is 0.331 e. The number of nitrogens with zero attached hydrogens (tertiary/aromatic N) is 1. The summed E-state index contributed by atoms with van der Waals surface area (Å²) in [7, 11) is 0. The Balaban J connectivity index is 2.04. The summed E-state index contributed by atoms with van der Waals surface area (Å²) >= 11 is 0. The van der Waals surface area contributed by atoms with Crippen LogP contribution >= 0.6 is 0 Å². The van der Waals surface area contributed by atoms with Gasteiger partial charge in [-0.15, -0.1) is 0 Å². The number of rotatable bonds is 9. The fourth-order valence-electron chi connectivity index (χ4n) is 6.75. The molecule has 2 bridgehead atoms. The number of ether oxygens (including phenoxy) is 2. The molecule has 3 rings (SSSR count). The van der Waals surface area contributed by atoms with Gasteiger partial charge >= 0.3 is 11.9 Å². The topological polar surface area (TPSA) is 201 Å². The Labute approximate surface area is 348 Å². The lowest BCUT2D eigenvalue weighted by Gasteiger charge is -2.36. The van der Waals surface area contributed by atoms with Gasteiger partial charge in [0.15, 0.2) is 0 Å². The van der Waals surface area contributed by atoms with E-state index in [1.54, 1.807) is 78.8 Å². The minimum Gasteiger partial charge on any atom is -0.508 e. The molecule has 2 heterocycles. The average Bonchev–Trinajstić information content (AvgIpc) is 3.15. The van der Waals surface area contributed by atoms with Gasteiger partial charge in [0, 0.05) is 31.9 Å². The quantitative estimate of drug-likeness (QED) is 0.131. The van der Waals surface area contributed by atoms with Crippen LogP contribution < -0.4 is 16.1 Å². The van der Waals surface area contributed by atoms with Crippen molar-refractivity contribution in [3.05, 3.63) is 77.9 Å². The molecule has 1 aromatic carbocycles. The van der Waals surface area contributed by atoms with E-state index >= 15 is 0 Å². The number of phenols is 1. The highest BCUT2D eigenvalue weighted by Crippen LogP contribution is 2.24. The van der Waals surface area contributed by atoms with E-state index in [4.69, 9.17) is 9.47 Å². The number of aliphatic hydroxyl groups is 1. The van der Waals surface area contributed by atoms with Crippen LogP contribution in [0.1, 0.15) is 99.5 Å². The molecule has 2 aliphatic rings. The molecule has 2 aliphatic heterocycles. The number of amides is 3. The van der Waals surface area contributed by atoms with E-state index in [0.717, 1.165) is 0 Å². The summed E-state index contributed by atoms with van der Waals surface area (Å²) in [6, 6.07) is 3.09. The highest BCUT2D eigenvalue weighted by Gasteiger charge is 2.38. The summed E-state index contributed by atoms with van der Waals surface area (Å²) in [6.07, 6.45) is 11.4. The molecule has 1 aromatic rings. The third-order valence-electron chi connectivity index (χ3n) is 10.1. The van der Waals surface area contributed by atoms with Crippen LogP contribution in [0.15, 0.2) is 72.4 Å². The van der Waals surface area contributed by atoms with Crippen molar-refractivity contribution >= 4 is 35.4 Å². The normalized spacial score (nSPS) is 26.1. The Morgan fingerprint density at radius 1 is 1.03 bits per heavy atom. The summed E-state index contributed by atoms with van der Waals surface area (Å²) < 4.78 is 11.4. The first-order chi connectivity index (χ1) is 27.7. The predicted octanol–water partition coefficient (Wildman–Crippen LogP) is 4.70. The Morgan fingerprint density at radius 3 is 2.37 bits per heavy atom. The van der Waals surface area contributed by atoms with Crippen molar-refractivity contribution in [2.24, 2.45) is 17.8 Å². The third kappa shape index (κ3) is 16.2. The first-order valence-electron chi connectivity index (χ1n) is 20.5. The van der Waals surface area contributed by atoms with Crippen LogP contribution in [0.4, 0.5) is 0 Å². The number of hydrogen-bond donors (Lipinski definition) is 5. The average molecular weight is 821 g/mol. The van der Waals surface area contributed by atoms with E-state index < -0.39 is 83.3 Å². The number of allylic oxidation sites excluding steroid dienone is 5. The molecule has 0 radical (unpaired) electrons. The van der Waals surface area contributed by atoms with E-state index in [0.29, 0.717) is 30.4 Å². The number of aromatic hydroxyl groups is 1. The molecule has 1 fully saturated rings. The molecule has 3 amide bonds. The van der Waals surface area contributed by atoms with Gasteiger partial charge in [-0.2, -0.15) is 0 Å². The lowest BCUT2D eigenvalue weighted by Crippen LogP contribution is -2.62. The summed E-state index contributed by atoms with van der Waals surface area (Å²) in [5.74, 6) is -4.92. The highest BCUT2D eigenvalue weighted by atomic mass is 16.6. The maximum atomic E-state index is 14.3. The van der Waals surface area contributed by atoms with Gasteiger partial charge in [0.05, 0.1) is 12.0 Å². The molecule has 5 N–H and O–H groups in total. The van der Waals surface area contributed by atoms with Crippen molar-refractivity contribution in [3.63, 3.8) is 0 Å². The number of carbonyl (C=O) groups is 6. The van der Waals surface area contributed by atoms with Crippen LogP contribution in [0.3, 0.4) is 0 Å². The summed E-state index contributed by atoms with van der Waals surface area (Å²) in [6.45, 7) is 14.0. The Morgan fingerprint density at radius 2 is 1.73 bits per heavy atom. The molecule has 1 saturated heterocycles. The highest BCUT2D eigenvalue weighted by molar-refractivity contribution is 5.93. The van der Waals surface area contributed by atoms with E-state index in [9.17, 15) is 39.0 Å². The summed E-state index contributed by atoms with van der Waals surface area (Å²) in [4.78, 5) is 80.3. The zero-order valence-electron chi connectivity index (χ0n) is 35.7. The lowest BCUT2D eigenvalue weighted by molar-refractivity contribution is -0.156. The number of cyclic esters (lactones) is 1. The lowest BCUT2D eigenvalue weighted by atomic mass is 9.85. The van der Waals surface area contributed by atoms with Crippen molar-refractivity contribution in [2.45, 2.75) is 136 Å². The molecule has 59 heavy (non-hydrogen) atoms. The van der Waals surface area contributed by atoms with Gasteiger partial charge in [-0.3, -0.25) is 24.2 Å². The fraction of sp³-hybridized carbons (Fsp3) is 0.556. The number of Topliss-reactive ketones (excluding diaryl/α,β-unsaturated/α-hetero) is 1. The van der Waals surface area contributed by atoms with Crippen molar-refractivity contribution in [2.75, 3.05) is 6.54 Å². The number of hydrogen-bond acceptors (Lipinski definition) is 11. The molecule has 14 nitrogen and oxygen atoms in total. The number of aliphatic hydroxyl groups excluding tert-OH is 1. The number of fused-ring (bicyclic) bond motifs is 2. The largest absolute Gasteiger partial charge is 0.508 e.